The van der Waals surface area contributed by atoms with Crippen molar-refractivity contribution in [2.45, 2.75) is 26.4 Å². The van der Waals surface area contributed by atoms with E-state index < -0.39 is 11.9 Å². The second kappa shape index (κ2) is 7.34. The lowest BCUT2D eigenvalue weighted by Gasteiger charge is -2.20. The normalized spacial score (nSPS) is 12.8. The van der Waals surface area contributed by atoms with Gasteiger partial charge < -0.3 is 14.7 Å². The van der Waals surface area contributed by atoms with Gasteiger partial charge in [-0.15, -0.1) is 0 Å². The molecular weight excluding hydrogens is 233 g/mol. The molecule has 1 N–H and O–H groups in total. The largest absolute Gasteiger partial charge is 0.494 e. The van der Waals surface area contributed by atoms with E-state index in [-0.39, 0.29) is 5.75 Å². The predicted octanol–water partition coefficient (Wildman–Crippen LogP) is 2.60. The first kappa shape index (κ1) is 14.9. The van der Waals surface area contributed by atoms with Crippen LogP contribution in [0.4, 0.5) is 4.39 Å². The monoisotopic (exact) mass is 255 g/mol. The number of hydrogen-bond acceptors (Lipinski definition) is 3. The fraction of sp³-hybridized carbons (Fsp3) is 0.571. The molecule has 0 spiro atoms. The van der Waals surface area contributed by atoms with Gasteiger partial charge in [-0.25, -0.2) is 4.39 Å². The fourth-order valence-electron chi connectivity index (χ4n) is 1.90. The first-order valence-corrected chi connectivity index (χ1v) is 6.36. The molecule has 0 amide bonds. The number of aliphatic hydroxyl groups is 1. The quantitative estimate of drug-likeness (QED) is 0.813. The van der Waals surface area contributed by atoms with Gasteiger partial charge >= 0.3 is 0 Å². The smallest absolute Gasteiger partial charge is 0.165 e. The van der Waals surface area contributed by atoms with E-state index in [0.717, 1.165) is 19.6 Å². The Kier molecular flexibility index (Phi) is 6.09. The third kappa shape index (κ3) is 3.96. The second-order valence-corrected chi connectivity index (χ2v) is 4.23. The summed E-state index contributed by atoms with van der Waals surface area (Å²) in [4.78, 5) is 2.23. The van der Waals surface area contributed by atoms with Gasteiger partial charge in [0.2, 0.25) is 0 Å². The highest BCUT2D eigenvalue weighted by molar-refractivity contribution is 5.30. The molecule has 0 aliphatic rings. The van der Waals surface area contributed by atoms with Crippen LogP contribution in [0.25, 0.3) is 0 Å². The number of aliphatic hydroxyl groups excluding tert-OH is 1. The molecule has 0 fully saturated rings. The predicted molar refractivity (Wildman–Crippen MR) is 70.3 cm³/mol. The van der Waals surface area contributed by atoms with Crippen molar-refractivity contribution in [1.82, 2.24) is 4.90 Å². The molecule has 102 valence electrons. The van der Waals surface area contributed by atoms with Crippen molar-refractivity contribution in [2.24, 2.45) is 0 Å². The van der Waals surface area contributed by atoms with Gasteiger partial charge in [-0.3, -0.25) is 0 Å². The SMILES string of the molecule is CCN(CC)CCC(O)c1ccc(OC)c(F)c1. The van der Waals surface area contributed by atoms with Gasteiger partial charge in [0.15, 0.2) is 11.6 Å². The Balaban J connectivity index is 2.61. The summed E-state index contributed by atoms with van der Waals surface area (Å²) in [7, 11) is 1.43. The van der Waals surface area contributed by atoms with Crippen LogP contribution >= 0.6 is 0 Å². The minimum absolute atomic E-state index is 0.203. The zero-order chi connectivity index (χ0) is 13.5. The molecule has 0 aliphatic carbocycles. The van der Waals surface area contributed by atoms with E-state index in [1.165, 1.54) is 13.2 Å². The van der Waals surface area contributed by atoms with Crippen LogP contribution in [0.5, 0.6) is 5.75 Å². The highest BCUT2D eigenvalue weighted by Crippen LogP contribution is 2.23. The molecule has 0 aliphatic heterocycles. The third-order valence-electron chi connectivity index (χ3n) is 3.17. The number of hydrogen-bond donors (Lipinski definition) is 1. The van der Waals surface area contributed by atoms with Crippen molar-refractivity contribution < 1.29 is 14.2 Å². The third-order valence-corrected chi connectivity index (χ3v) is 3.17. The highest BCUT2D eigenvalue weighted by atomic mass is 19.1. The first-order chi connectivity index (χ1) is 8.62. The molecule has 0 saturated carbocycles. The van der Waals surface area contributed by atoms with Crippen molar-refractivity contribution in [3.63, 3.8) is 0 Å². The number of halogens is 1. The van der Waals surface area contributed by atoms with Crippen LogP contribution in [0, 0.1) is 5.82 Å². The zero-order valence-electron chi connectivity index (χ0n) is 11.3. The van der Waals surface area contributed by atoms with Crippen molar-refractivity contribution in [3.8, 4) is 5.75 Å². The molecule has 18 heavy (non-hydrogen) atoms. The molecule has 1 unspecified atom stereocenters. The van der Waals surface area contributed by atoms with Crippen LogP contribution < -0.4 is 4.74 Å². The first-order valence-electron chi connectivity index (χ1n) is 6.36. The van der Waals surface area contributed by atoms with E-state index in [1.54, 1.807) is 12.1 Å². The fourth-order valence-corrected chi connectivity index (χ4v) is 1.90. The molecule has 0 bridgehead atoms. The Bertz CT molecular complexity index is 367. The summed E-state index contributed by atoms with van der Waals surface area (Å²) in [6, 6.07) is 4.59. The van der Waals surface area contributed by atoms with Crippen LogP contribution in [-0.4, -0.2) is 36.8 Å². The summed E-state index contributed by atoms with van der Waals surface area (Å²) < 4.78 is 18.3. The van der Waals surface area contributed by atoms with E-state index in [2.05, 4.69) is 18.7 Å². The van der Waals surface area contributed by atoms with Crippen molar-refractivity contribution in [1.29, 1.82) is 0 Å². The Morgan fingerprint density at radius 2 is 2.00 bits per heavy atom. The van der Waals surface area contributed by atoms with Crippen LogP contribution in [0.15, 0.2) is 18.2 Å². The summed E-state index contributed by atoms with van der Waals surface area (Å²) in [6.07, 6.45) is -0.0287. The molecule has 1 aromatic carbocycles. The highest BCUT2D eigenvalue weighted by Gasteiger charge is 2.12. The topological polar surface area (TPSA) is 32.7 Å². The lowest BCUT2D eigenvalue weighted by molar-refractivity contribution is 0.145. The van der Waals surface area contributed by atoms with Crippen LogP contribution in [0.2, 0.25) is 0 Å². The molecule has 0 heterocycles. The van der Waals surface area contributed by atoms with Gasteiger partial charge in [-0.2, -0.15) is 0 Å². The van der Waals surface area contributed by atoms with Gasteiger partial charge in [-0.05, 0) is 37.2 Å². The maximum Gasteiger partial charge on any atom is 0.165 e. The summed E-state index contributed by atoms with van der Waals surface area (Å²) in [5.74, 6) is -0.230. The lowest BCUT2D eigenvalue weighted by Crippen LogP contribution is -2.25. The van der Waals surface area contributed by atoms with Crippen LogP contribution in [0.1, 0.15) is 31.9 Å². The Labute approximate surface area is 108 Å². The maximum atomic E-state index is 13.5. The number of ether oxygens (including phenoxy) is 1. The maximum absolute atomic E-state index is 13.5. The molecule has 1 aromatic rings. The molecule has 0 aromatic heterocycles. The summed E-state index contributed by atoms with van der Waals surface area (Å²) in [6.45, 7) is 6.90. The van der Waals surface area contributed by atoms with Crippen LogP contribution in [0.3, 0.4) is 0 Å². The average molecular weight is 255 g/mol. The molecule has 1 rings (SSSR count). The van der Waals surface area contributed by atoms with E-state index in [4.69, 9.17) is 4.74 Å². The van der Waals surface area contributed by atoms with Gasteiger partial charge in [0.1, 0.15) is 0 Å². The number of benzene rings is 1. The molecule has 1 atom stereocenters. The number of rotatable bonds is 7. The minimum Gasteiger partial charge on any atom is -0.494 e. The Hall–Kier alpha value is -1.13. The molecule has 3 nitrogen and oxygen atoms in total. The Morgan fingerprint density at radius 1 is 1.33 bits per heavy atom. The summed E-state index contributed by atoms with van der Waals surface area (Å²) in [5, 5.41) is 10.0. The number of nitrogens with zero attached hydrogens (tertiary/aromatic N) is 1. The number of methoxy groups -OCH3 is 1. The van der Waals surface area contributed by atoms with Crippen molar-refractivity contribution in [3.05, 3.63) is 29.6 Å². The lowest BCUT2D eigenvalue weighted by atomic mass is 10.1. The molecular formula is C14H22FNO2. The molecule has 4 heteroatoms. The van der Waals surface area contributed by atoms with Crippen molar-refractivity contribution in [2.75, 3.05) is 26.7 Å². The second-order valence-electron chi connectivity index (χ2n) is 4.23. The van der Waals surface area contributed by atoms with E-state index in [9.17, 15) is 9.50 Å². The standard InChI is InChI=1S/C14H22FNO2/c1-4-16(5-2)9-8-13(17)11-6-7-14(18-3)12(15)10-11/h6-7,10,13,17H,4-5,8-9H2,1-3H3. The van der Waals surface area contributed by atoms with Crippen LogP contribution in [-0.2, 0) is 0 Å². The molecule has 0 saturated heterocycles. The van der Waals surface area contributed by atoms with Gasteiger partial charge in [-0.1, -0.05) is 19.9 Å². The van der Waals surface area contributed by atoms with Gasteiger partial charge in [0.25, 0.3) is 0 Å². The summed E-state index contributed by atoms with van der Waals surface area (Å²) >= 11 is 0. The molecule has 0 radical (unpaired) electrons. The van der Waals surface area contributed by atoms with Crippen molar-refractivity contribution >= 4 is 0 Å². The summed E-state index contributed by atoms with van der Waals surface area (Å²) in [5.41, 5.74) is 0.598. The average Bonchev–Trinajstić information content (AvgIpc) is 2.39. The Morgan fingerprint density at radius 3 is 2.50 bits per heavy atom. The zero-order valence-corrected chi connectivity index (χ0v) is 11.3. The van der Waals surface area contributed by atoms with E-state index >= 15 is 0 Å². The van der Waals surface area contributed by atoms with Gasteiger partial charge in [0, 0.05) is 6.54 Å². The minimum atomic E-state index is -0.633. The van der Waals surface area contributed by atoms with E-state index in [1.807, 2.05) is 0 Å². The van der Waals surface area contributed by atoms with E-state index in [0.29, 0.717) is 12.0 Å². The van der Waals surface area contributed by atoms with Gasteiger partial charge in [0.05, 0.1) is 13.2 Å².